The summed E-state index contributed by atoms with van der Waals surface area (Å²) in [6.07, 6.45) is 3.84. The molecule has 1 amide bonds. The number of aromatic nitrogens is 1. The SMILES string of the molecule is CN1C(=O)CS[C@@H]1c1ccn(-c2cccc(F)c2)c1. The number of benzene rings is 1. The van der Waals surface area contributed by atoms with Gasteiger partial charge in [0, 0.05) is 30.7 Å². The molecule has 3 rings (SSSR count). The third-order valence-electron chi connectivity index (χ3n) is 3.22. The van der Waals surface area contributed by atoms with Gasteiger partial charge in [-0.3, -0.25) is 4.79 Å². The zero-order valence-corrected chi connectivity index (χ0v) is 11.2. The Kier molecular flexibility index (Phi) is 3.06. The summed E-state index contributed by atoms with van der Waals surface area (Å²) in [4.78, 5) is 13.3. The first kappa shape index (κ1) is 12.3. The van der Waals surface area contributed by atoms with E-state index in [4.69, 9.17) is 0 Å². The molecular formula is C14H13FN2OS. The molecule has 0 radical (unpaired) electrons. The molecule has 0 unspecified atom stereocenters. The highest BCUT2D eigenvalue weighted by Crippen LogP contribution is 2.37. The number of carbonyl (C=O) groups is 1. The van der Waals surface area contributed by atoms with E-state index in [0.29, 0.717) is 5.75 Å². The van der Waals surface area contributed by atoms with E-state index >= 15 is 0 Å². The Bertz CT molecular complexity index is 625. The molecule has 1 fully saturated rings. The lowest BCUT2D eigenvalue weighted by Crippen LogP contribution is -2.22. The van der Waals surface area contributed by atoms with Gasteiger partial charge in [0.2, 0.25) is 5.91 Å². The summed E-state index contributed by atoms with van der Waals surface area (Å²) in [5, 5.41) is 0.0577. The Hall–Kier alpha value is -1.75. The van der Waals surface area contributed by atoms with Crippen LogP contribution in [0, 0.1) is 5.82 Å². The molecule has 5 heteroatoms. The maximum absolute atomic E-state index is 13.2. The fourth-order valence-electron chi connectivity index (χ4n) is 2.17. The van der Waals surface area contributed by atoms with E-state index in [-0.39, 0.29) is 17.1 Å². The summed E-state index contributed by atoms with van der Waals surface area (Å²) in [6, 6.07) is 8.42. The Morgan fingerprint density at radius 1 is 1.37 bits per heavy atom. The van der Waals surface area contributed by atoms with Crippen LogP contribution in [0.25, 0.3) is 5.69 Å². The van der Waals surface area contributed by atoms with Gasteiger partial charge in [-0.2, -0.15) is 0 Å². The van der Waals surface area contributed by atoms with Crippen molar-refractivity contribution in [3.63, 3.8) is 0 Å². The lowest BCUT2D eigenvalue weighted by molar-refractivity contribution is -0.126. The van der Waals surface area contributed by atoms with Crippen LogP contribution in [0.15, 0.2) is 42.7 Å². The van der Waals surface area contributed by atoms with E-state index in [0.717, 1.165) is 11.3 Å². The molecule has 2 heterocycles. The van der Waals surface area contributed by atoms with Crippen molar-refractivity contribution in [1.82, 2.24) is 9.47 Å². The van der Waals surface area contributed by atoms with Gasteiger partial charge in [-0.1, -0.05) is 6.07 Å². The van der Waals surface area contributed by atoms with Gasteiger partial charge in [0.25, 0.3) is 0 Å². The topological polar surface area (TPSA) is 25.2 Å². The van der Waals surface area contributed by atoms with Crippen LogP contribution >= 0.6 is 11.8 Å². The van der Waals surface area contributed by atoms with Gasteiger partial charge in [-0.05, 0) is 24.3 Å². The lowest BCUT2D eigenvalue weighted by Gasteiger charge is -2.17. The van der Waals surface area contributed by atoms with Crippen LogP contribution in [0.3, 0.4) is 0 Å². The van der Waals surface area contributed by atoms with Crippen molar-refractivity contribution in [3.05, 3.63) is 54.1 Å². The highest BCUT2D eigenvalue weighted by molar-refractivity contribution is 8.00. The third-order valence-corrected chi connectivity index (χ3v) is 4.53. The fourth-order valence-corrected chi connectivity index (χ4v) is 3.35. The Labute approximate surface area is 115 Å². The summed E-state index contributed by atoms with van der Waals surface area (Å²) in [7, 11) is 1.81. The van der Waals surface area contributed by atoms with Crippen molar-refractivity contribution in [2.75, 3.05) is 12.8 Å². The minimum atomic E-state index is -0.254. The molecule has 2 aromatic rings. The largest absolute Gasteiger partial charge is 0.329 e. The minimum absolute atomic E-state index is 0.0577. The molecule has 0 saturated carbocycles. The zero-order valence-electron chi connectivity index (χ0n) is 10.4. The number of nitrogens with zero attached hydrogens (tertiary/aromatic N) is 2. The maximum atomic E-state index is 13.2. The van der Waals surface area contributed by atoms with Crippen molar-refractivity contribution < 1.29 is 9.18 Å². The molecule has 1 atom stereocenters. The second-order valence-electron chi connectivity index (χ2n) is 4.50. The molecule has 1 saturated heterocycles. The number of halogens is 1. The van der Waals surface area contributed by atoms with Crippen LogP contribution in [0.4, 0.5) is 4.39 Å². The standard InChI is InChI=1S/C14H13FN2OS/c1-16-13(18)9-19-14(16)10-5-6-17(8-10)12-4-2-3-11(15)7-12/h2-8,14H,9H2,1H3/t14-/m1/s1. The number of thioether (sulfide) groups is 1. The van der Waals surface area contributed by atoms with Crippen molar-refractivity contribution in [2.45, 2.75) is 5.37 Å². The van der Waals surface area contributed by atoms with Crippen molar-refractivity contribution in [3.8, 4) is 5.69 Å². The molecule has 0 spiro atoms. The third kappa shape index (κ3) is 2.26. The quantitative estimate of drug-likeness (QED) is 0.842. The molecular weight excluding hydrogens is 263 g/mol. The van der Waals surface area contributed by atoms with E-state index < -0.39 is 0 Å². The molecule has 1 aromatic heterocycles. The van der Waals surface area contributed by atoms with Gasteiger partial charge in [-0.15, -0.1) is 11.8 Å². The number of rotatable bonds is 2. The summed E-state index contributed by atoms with van der Waals surface area (Å²) in [5.74, 6) is 0.413. The molecule has 0 bridgehead atoms. The Morgan fingerprint density at radius 2 is 2.21 bits per heavy atom. The molecule has 1 aromatic carbocycles. The first-order chi connectivity index (χ1) is 9.15. The van der Waals surface area contributed by atoms with Gasteiger partial charge in [-0.25, -0.2) is 4.39 Å². The van der Waals surface area contributed by atoms with Crippen LogP contribution in [0.2, 0.25) is 0 Å². The van der Waals surface area contributed by atoms with E-state index in [1.165, 1.54) is 12.1 Å². The normalized spacial score (nSPS) is 19.2. The van der Waals surface area contributed by atoms with E-state index in [1.807, 2.05) is 36.1 Å². The minimum Gasteiger partial charge on any atom is -0.329 e. The van der Waals surface area contributed by atoms with E-state index in [1.54, 1.807) is 22.7 Å². The number of hydrogen-bond acceptors (Lipinski definition) is 2. The average molecular weight is 276 g/mol. The van der Waals surface area contributed by atoms with E-state index in [2.05, 4.69) is 0 Å². The number of carbonyl (C=O) groups excluding carboxylic acids is 1. The average Bonchev–Trinajstić information content (AvgIpc) is 2.98. The Morgan fingerprint density at radius 3 is 2.89 bits per heavy atom. The molecule has 0 aliphatic carbocycles. The van der Waals surface area contributed by atoms with Gasteiger partial charge >= 0.3 is 0 Å². The molecule has 98 valence electrons. The molecule has 0 N–H and O–H groups in total. The summed E-state index contributed by atoms with van der Waals surface area (Å²) >= 11 is 1.61. The molecule has 1 aliphatic heterocycles. The monoisotopic (exact) mass is 276 g/mol. The summed E-state index contributed by atoms with van der Waals surface area (Å²) < 4.78 is 15.1. The Balaban J connectivity index is 1.90. The van der Waals surface area contributed by atoms with Crippen LogP contribution in [-0.4, -0.2) is 28.2 Å². The van der Waals surface area contributed by atoms with Crippen LogP contribution < -0.4 is 0 Å². The molecule has 19 heavy (non-hydrogen) atoms. The highest BCUT2D eigenvalue weighted by Gasteiger charge is 2.30. The predicted molar refractivity (Wildman–Crippen MR) is 73.7 cm³/mol. The van der Waals surface area contributed by atoms with Gasteiger partial charge in [0.1, 0.15) is 11.2 Å². The second kappa shape index (κ2) is 4.74. The van der Waals surface area contributed by atoms with Crippen LogP contribution in [-0.2, 0) is 4.79 Å². The maximum Gasteiger partial charge on any atom is 0.233 e. The molecule has 3 nitrogen and oxygen atoms in total. The summed E-state index contributed by atoms with van der Waals surface area (Å²) in [5.41, 5.74) is 1.84. The smallest absolute Gasteiger partial charge is 0.233 e. The summed E-state index contributed by atoms with van der Waals surface area (Å²) in [6.45, 7) is 0. The van der Waals surface area contributed by atoms with Crippen LogP contribution in [0.1, 0.15) is 10.9 Å². The zero-order chi connectivity index (χ0) is 13.4. The van der Waals surface area contributed by atoms with Gasteiger partial charge < -0.3 is 9.47 Å². The first-order valence-electron chi connectivity index (χ1n) is 5.96. The van der Waals surface area contributed by atoms with Gasteiger partial charge in [0.15, 0.2) is 0 Å². The van der Waals surface area contributed by atoms with Crippen molar-refractivity contribution >= 4 is 17.7 Å². The highest BCUT2D eigenvalue weighted by atomic mass is 32.2. The first-order valence-corrected chi connectivity index (χ1v) is 7.01. The number of amides is 1. The second-order valence-corrected chi connectivity index (χ2v) is 5.57. The molecule has 1 aliphatic rings. The van der Waals surface area contributed by atoms with Gasteiger partial charge in [0.05, 0.1) is 5.75 Å². The van der Waals surface area contributed by atoms with Crippen molar-refractivity contribution in [2.24, 2.45) is 0 Å². The predicted octanol–water partition coefficient (Wildman–Crippen LogP) is 2.82. The lowest BCUT2D eigenvalue weighted by atomic mass is 10.3. The van der Waals surface area contributed by atoms with Crippen LogP contribution in [0.5, 0.6) is 0 Å². The van der Waals surface area contributed by atoms with E-state index in [9.17, 15) is 9.18 Å². The fraction of sp³-hybridized carbons (Fsp3) is 0.214. The van der Waals surface area contributed by atoms with Crippen molar-refractivity contribution in [1.29, 1.82) is 0 Å². The number of hydrogen-bond donors (Lipinski definition) is 0.